The van der Waals surface area contributed by atoms with Gasteiger partial charge in [0.15, 0.2) is 0 Å². The van der Waals surface area contributed by atoms with Crippen LogP contribution in [0.3, 0.4) is 0 Å². The smallest absolute Gasteiger partial charge is 0.0959 e. The summed E-state index contributed by atoms with van der Waals surface area (Å²) in [5.41, 5.74) is 2.12. The average molecular weight is 199 g/mol. The first-order valence-electron chi connectivity index (χ1n) is 4.19. The minimum atomic E-state index is -1.31. The van der Waals surface area contributed by atoms with Crippen molar-refractivity contribution in [2.24, 2.45) is 0 Å². The van der Waals surface area contributed by atoms with Crippen molar-refractivity contribution in [2.75, 3.05) is 5.50 Å². The Morgan fingerprint density at radius 3 is 2.08 bits per heavy atom. The zero-order valence-corrected chi connectivity index (χ0v) is 9.65. The first-order chi connectivity index (χ1) is 5.56. The standard InChI is InChI=1S/C10H15ClSi/c1-9-4-6-10(7-5-9)12(2,3)8-11/h4-7H,8H2,1-3H3. The predicted molar refractivity (Wildman–Crippen MR) is 59.0 cm³/mol. The van der Waals surface area contributed by atoms with Crippen molar-refractivity contribution in [3.8, 4) is 0 Å². The van der Waals surface area contributed by atoms with Crippen molar-refractivity contribution in [3.63, 3.8) is 0 Å². The van der Waals surface area contributed by atoms with E-state index in [9.17, 15) is 0 Å². The zero-order valence-electron chi connectivity index (χ0n) is 7.89. The predicted octanol–water partition coefficient (Wildman–Crippen LogP) is 2.69. The van der Waals surface area contributed by atoms with Gasteiger partial charge >= 0.3 is 0 Å². The second-order valence-electron chi connectivity index (χ2n) is 3.88. The summed E-state index contributed by atoms with van der Waals surface area (Å²) in [6.07, 6.45) is 0. The van der Waals surface area contributed by atoms with Crippen molar-refractivity contribution >= 4 is 24.9 Å². The van der Waals surface area contributed by atoms with Crippen LogP contribution >= 0.6 is 11.6 Å². The molecule has 0 saturated carbocycles. The first-order valence-corrected chi connectivity index (χ1v) is 7.93. The molecule has 2 heteroatoms. The third kappa shape index (κ3) is 2.11. The van der Waals surface area contributed by atoms with Gasteiger partial charge in [0.2, 0.25) is 0 Å². The molecule has 0 nitrogen and oxygen atoms in total. The highest BCUT2D eigenvalue weighted by Crippen LogP contribution is 2.06. The summed E-state index contributed by atoms with van der Waals surface area (Å²) in [6.45, 7) is 6.70. The lowest BCUT2D eigenvalue weighted by Crippen LogP contribution is -2.43. The molecule has 1 aromatic rings. The minimum absolute atomic E-state index is 0.802. The van der Waals surface area contributed by atoms with Crippen molar-refractivity contribution in [1.82, 2.24) is 0 Å². The van der Waals surface area contributed by atoms with Gasteiger partial charge in [-0.05, 0) is 6.92 Å². The zero-order chi connectivity index (χ0) is 9.19. The summed E-state index contributed by atoms with van der Waals surface area (Å²) in [6, 6.07) is 8.75. The van der Waals surface area contributed by atoms with Gasteiger partial charge in [-0.2, -0.15) is 0 Å². The van der Waals surface area contributed by atoms with Gasteiger partial charge in [0.1, 0.15) is 0 Å². The summed E-state index contributed by atoms with van der Waals surface area (Å²) in [5, 5.41) is 1.45. The maximum atomic E-state index is 5.93. The number of hydrogen-bond donors (Lipinski definition) is 0. The van der Waals surface area contributed by atoms with E-state index in [1.165, 1.54) is 10.8 Å². The lowest BCUT2D eigenvalue weighted by atomic mass is 10.2. The topological polar surface area (TPSA) is 0 Å². The van der Waals surface area contributed by atoms with E-state index in [1.54, 1.807) is 0 Å². The van der Waals surface area contributed by atoms with Crippen molar-refractivity contribution in [3.05, 3.63) is 29.8 Å². The van der Waals surface area contributed by atoms with Crippen LogP contribution in [0.1, 0.15) is 5.56 Å². The van der Waals surface area contributed by atoms with Crippen LogP contribution in [0.15, 0.2) is 24.3 Å². The van der Waals surface area contributed by atoms with E-state index in [4.69, 9.17) is 11.6 Å². The molecule has 0 bridgehead atoms. The SMILES string of the molecule is Cc1ccc([Si](C)(C)CCl)cc1. The number of rotatable bonds is 2. The van der Waals surface area contributed by atoms with Gasteiger partial charge in [-0.25, -0.2) is 0 Å². The summed E-state index contributed by atoms with van der Waals surface area (Å²) in [5.74, 6) is 0. The molecular weight excluding hydrogens is 184 g/mol. The monoisotopic (exact) mass is 198 g/mol. The highest BCUT2D eigenvalue weighted by molar-refractivity contribution is 6.94. The maximum Gasteiger partial charge on any atom is 0.0959 e. The molecule has 0 radical (unpaired) electrons. The van der Waals surface area contributed by atoms with Crippen LogP contribution in [-0.4, -0.2) is 13.6 Å². The molecule has 0 heterocycles. The first kappa shape index (κ1) is 9.81. The number of aryl methyl sites for hydroxylation is 1. The quantitative estimate of drug-likeness (QED) is 0.507. The van der Waals surface area contributed by atoms with Crippen molar-refractivity contribution in [1.29, 1.82) is 0 Å². The van der Waals surface area contributed by atoms with E-state index in [-0.39, 0.29) is 0 Å². The Balaban J connectivity index is 2.96. The molecule has 12 heavy (non-hydrogen) atoms. The molecule has 0 spiro atoms. The summed E-state index contributed by atoms with van der Waals surface area (Å²) >= 11 is 5.93. The highest BCUT2D eigenvalue weighted by Gasteiger charge is 2.21. The fourth-order valence-electron chi connectivity index (χ4n) is 1.08. The van der Waals surface area contributed by atoms with Gasteiger partial charge in [0.05, 0.1) is 8.07 Å². The molecule has 0 saturated heterocycles. The van der Waals surface area contributed by atoms with Crippen LogP contribution in [0.5, 0.6) is 0 Å². The fourth-order valence-corrected chi connectivity index (χ4v) is 2.77. The van der Waals surface area contributed by atoms with Gasteiger partial charge in [-0.3, -0.25) is 0 Å². The lowest BCUT2D eigenvalue weighted by Gasteiger charge is -2.19. The Morgan fingerprint density at radius 1 is 1.17 bits per heavy atom. The average Bonchev–Trinajstić information content (AvgIpc) is 2.05. The Kier molecular flexibility index (Phi) is 2.97. The van der Waals surface area contributed by atoms with Crippen LogP contribution in [0.25, 0.3) is 0 Å². The van der Waals surface area contributed by atoms with Gasteiger partial charge in [-0.15, -0.1) is 11.6 Å². The molecule has 0 unspecified atom stereocenters. The number of hydrogen-bond acceptors (Lipinski definition) is 0. The van der Waals surface area contributed by atoms with E-state index >= 15 is 0 Å². The molecule has 1 rings (SSSR count). The molecule has 0 aromatic heterocycles. The molecule has 0 fully saturated rings. The van der Waals surface area contributed by atoms with Crippen LogP contribution in [0.2, 0.25) is 13.1 Å². The summed E-state index contributed by atoms with van der Waals surface area (Å²) in [7, 11) is -1.31. The summed E-state index contributed by atoms with van der Waals surface area (Å²) in [4.78, 5) is 0. The minimum Gasteiger partial charge on any atom is -0.130 e. The lowest BCUT2D eigenvalue weighted by molar-refractivity contribution is 1.48. The molecule has 66 valence electrons. The second kappa shape index (κ2) is 3.63. The largest absolute Gasteiger partial charge is 0.130 e. The summed E-state index contributed by atoms with van der Waals surface area (Å²) < 4.78 is 0. The number of halogens is 1. The number of alkyl halides is 1. The Labute approximate surface area is 80.6 Å². The fraction of sp³-hybridized carbons (Fsp3) is 0.400. The van der Waals surface area contributed by atoms with Crippen molar-refractivity contribution < 1.29 is 0 Å². The molecule has 0 aliphatic heterocycles. The van der Waals surface area contributed by atoms with E-state index in [0.29, 0.717) is 0 Å². The molecule has 0 atom stereocenters. The van der Waals surface area contributed by atoms with Crippen LogP contribution < -0.4 is 5.19 Å². The van der Waals surface area contributed by atoms with E-state index in [1.807, 2.05) is 0 Å². The molecule has 0 N–H and O–H groups in total. The highest BCUT2D eigenvalue weighted by atomic mass is 35.5. The van der Waals surface area contributed by atoms with Crippen molar-refractivity contribution in [2.45, 2.75) is 20.0 Å². The maximum absolute atomic E-state index is 5.93. The second-order valence-corrected chi connectivity index (χ2v) is 9.30. The molecule has 0 aliphatic carbocycles. The molecule has 1 aromatic carbocycles. The van der Waals surface area contributed by atoms with Crippen LogP contribution in [-0.2, 0) is 0 Å². The van der Waals surface area contributed by atoms with Crippen LogP contribution in [0, 0.1) is 6.92 Å². The Hall–Kier alpha value is -0.273. The van der Waals surface area contributed by atoms with Gasteiger partial charge < -0.3 is 0 Å². The molecular formula is C10H15ClSi. The third-order valence-electron chi connectivity index (χ3n) is 2.17. The van der Waals surface area contributed by atoms with Gasteiger partial charge in [-0.1, -0.05) is 48.1 Å². The van der Waals surface area contributed by atoms with Gasteiger partial charge in [0.25, 0.3) is 0 Å². The van der Waals surface area contributed by atoms with E-state index in [0.717, 1.165) is 5.50 Å². The normalized spacial score (nSPS) is 11.7. The Bertz CT molecular complexity index is 251. The molecule has 0 aliphatic rings. The Morgan fingerprint density at radius 2 is 1.67 bits per heavy atom. The van der Waals surface area contributed by atoms with Crippen LogP contribution in [0.4, 0.5) is 0 Å². The van der Waals surface area contributed by atoms with Gasteiger partial charge in [0, 0.05) is 5.50 Å². The number of benzene rings is 1. The molecule has 0 amide bonds. The van der Waals surface area contributed by atoms with E-state index < -0.39 is 8.07 Å². The van der Waals surface area contributed by atoms with E-state index in [2.05, 4.69) is 44.3 Å². The third-order valence-corrected chi connectivity index (χ3v) is 6.74.